The van der Waals surface area contributed by atoms with E-state index in [1.165, 1.54) is 4.90 Å². The molecule has 100 valence electrons. The van der Waals surface area contributed by atoms with E-state index in [4.69, 9.17) is 0 Å². The predicted octanol–water partition coefficient (Wildman–Crippen LogP) is 1.76. The van der Waals surface area contributed by atoms with Crippen LogP contribution in [-0.4, -0.2) is 23.2 Å². The molecule has 5 nitrogen and oxygen atoms in total. The molecule has 0 bridgehead atoms. The van der Waals surface area contributed by atoms with E-state index in [-0.39, 0.29) is 5.75 Å². The first kappa shape index (κ1) is 13.4. The molecule has 0 saturated heterocycles. The molecule has 0 fully saturated rings. The standard InChI is InChI=1S/C14H17N3O2/c1-3-17(4-2)9-10-8-12(16-19)11-6-5-7-15-13(11)14(10)18/h5-8,18H,3-4,9H2,1-2H3/p+1. The van der Waals surface area contributed by atoms with Crippen LogP contribution in [0.25, 0.3) is 10.9 Å². The summed E-state index contributed by atoms with van der Waals surface area (Å²) >= 11 is 0. The Hall–Kier alpha value is -2.01. The summed E-state index contributed by atoms with van der Waals surface area (Å²) in [5.74, 6) is 0.155. The summed E-state index contributed by atoms with van der Waals surface area (Å²) in [7, 11) is 0. The summed E-state index contributed by atoms with van der Waals surface area (Å²) in [4.78, 5) is 16.4. The molecule has 0 spiro atoms. The van der Waals surface area contributed by atoms with E-state index < -0.39 is 0 Å². The van der Waals surface area contributed by atoms with Crippen LogP contribution in [0.1, 0.15) is 19.4 Å². The number of hydrogen-bond donors (Lipinski definition) is 2. The second-order valence-corrected chi connectivity index (χ2v) is 4.53. The highest BCUT2D eigenvalue weighted by Crippen LogP contribution is 2.34. The molecule has 19 heavy (non-hydrogen) atoms. The van der Waals surface area contributed by atoms with Gasteiger partial charge in [0, 0.05) is 11.6 Å². The third-order valence-electron chi connectivity index (χ3n) is 3.46. The quantitative estimate of drug-likeness (QED) is 0.805. The molecule has 0 aliphatic heterocycles. The number of aromatic hydroxyl groups is 1. The van der Waals surface area contributed by atoms with Gasteiger partial charge in [0.1, 0.15) is 17.7 Å². The second kappa shape index (κ2) is 5.75. The van der Waals surface area contributed by atoms with Gasteiger partial charge in [-0.1, -0.05) is 0 Å². The van der Waals surface area contributed by atoms with Crippen molar-refractivity contribution in [2.24, 2.45) is 5.18 Å². The van der Waals surface area contributed by atoms with Crippen molar-refractivity contribution in [1.82, 2.24) is 4.98 Å². The maximum absolute atomic E-state index is 10.9. The van der Waals surface area contributed by atoms with Crippen LogP contribution in [0, 0.1) is 4.91 Å². The number of nitrogens with one attached hydrogen (secondary N) is 1. The molecule has 2 N–H and O–H groups in total. The fourth-order valence-corrected chi connectivity index (χ4v) is 2.24. The summed E-state index contributed by atoms with van der Waals surface area (Å²) in [5, 5.41) is 13.9. The summed E-state index contributed by atoms with van der Waals surface area (Å²) in [6.07, 6.45) is 1.60. The lowest BCUT2D eigenvalue weighted by atomic mass is 10.1. The molecule has 0 amide bonds. The van der Waals surface area contributed by atoms with Gasteiger partial charge < -0.3 is 10.0 Å². The molecule has 0 aliphatic carbocycles. The molecule has 0 atom stereocenters. The average molecular weight is 260 g/mol. The van der Waals surface area contributed by atoms with Gasteiger partial charge in [-0.25, -0.2) is 0 Å². The highest BCUT2D eigenvalue weighted by Gasteiger charge is 2.16. The predicted molar refractivity (Wildman–Crippen MR) is 74.6 cm³/mol. The zero-order valence-corrected chi connectivity index (χ0v) is 11.2. The summed E-state index contributed by atoms with van der Waals surface area (Å²) in [6.45, 7) is 6.76. The van der Waals surface area contributed by atoms with Crippen molar-refractivity contribution in [2.45, 2.75) is 20.4 Å². The number of nitroso groups, excluding NO2 is 1. The van der Waals surface area contributed by atoms with E-state index in [0.717, 1.165) is 18.7 Å². The fourth-order valence-electron chi connectivity index (χ4n) is 2.24. The van der Waals surface area contributed by atoms with Gasteiger partial charge in [-0.2, -0.15) is 0 Å². The average Bonchev–Trinajstić information content (AvgIpc) is 2.47. The lowest BCUT2D eigenvalue weighted by molar-refractivity contribution is -0.910. The van der Waals surface area contributed by atoms with E-state index in [2.05, 4.69) is 24.0 Å². The normalized spacial score (nSPS) is 11.1. The first-order valence-corrected chi connectivity index (χ1v) is 6.47. The van der Waals surface area contributed by atoms with Crippen molar-refractivity contribution in [1.29, 1.82) is 0 Å². The Morgan fingerprint density at radius 2 is 2.11 bits per heavy atom. The highest BCUT2D eigenvalue weighted by molar-refractivity contribution is 5.94. The zero-order valence-electron chi connectivity index (χ0n) is 11.2. The van der Waals surface area contributed by atoms with E-state index >= 15 is 0 Å². The molecule has 5 heteroatoms. The van der Waals surface area contributed by atoms with Crippen LogP contribution in [0.15, 0.2) is 29.6 Å². The number of pyridine rings is 1. The molecule has 0 unspecified atom stereocenters. The Balaban J connectivity index is 2.56. The Morgan fingerprint density at radius 3 is 2.74 bits per heavy atom. The van der Waals surface area contributed by atoms with Crippen LogP contribution in [0.5, 0.6) is 5.75 Å². The van der Waals surface area contributed by atoms with Crippen molar-refractivity contribution < 1.29 is 10.0 Å². The van der Waals surface area contributed by atoms with Gasteiger partial charge in [0.05, 0.1) is 18.7 Å². The third-order valence-corrected chi connectivity index (χ3v) is 3.46. The Bertz CT molecular complexity index is 595. The van der Waals surface area contributed by atoms with E-state index in [9.17, 15) is 10.0 Å². The highest BCUT2D eigenvalue weighted by atomic mass is 16.3. The van der Waals surface area contributed by atoms with Crippen LogP contribution >= 0.6 is 0 Å². The number of fused-ring (bicyclic) bond motifs is 1. The number of phenols is 1. The molecule has 0 radical (unpaired) electrons. The number of hydrogen-bond acceptors (Lipinski definition) is 4. The summed E-state index contributed by atoms with van der Waals surface area (Å²) in [5.41, 5.74) is 1.50. The van der Waals surface area contributed by atoms with E-state index in [1.807, 2.05) is 0 Å². The molecule has 2 rings (SSSR count). The van der Waals surface area contributed by atoms with Gasteiger partial charge in [0.2, 0.25) is 0 Å². The second-order valence-electron chi connectivity index (χ2n) is 4.53. The topological polar surface area (TPSA) is 67.0 Å². The minimum Gasteiger partial charge on any atom is -0.505 e. The monoisotopic (exact) mass is 260 g/mol. The van der Waals surface area contributed by atoms with Gasteiger partial charge in [0.15, 0.2) is 5.75 Å². The summed E-state index contributed by atoms with van der Waals surface area (Å²) < 4.78 is 0. The Labute approximate surface area is 111 Å². The smallest absolute Gasteiger partial charge is 0.150 e. The number of rotatable bonds is 5. The first-order chi connectivity index (χ1) is 9.21. The van der Waals surface area contributed by atoms with Gasteiger partial charge in [-0.15, -0.1) is 4.91 Å². The molecule has 2 aromatic rings. The minimum atomic E-state index is 0.155. The van der Waals surface area contributed by atoms with Crippen molar-refractivity contribution in [2.75, 3.05) is 13.1 Å². The SMILES string of the molecule is CC[NH+](CC)Cc1cc(N=O)c2cccnc2c1O. The van der Waals surface area contributed by atoms with Gasteiger partial charge in [0.25, 0.3) is 0 Å². The maximum atomic E-state index is 10.9. The fraction of sp³-hybridized carbons (Fsp3) is 0.357. The maximum Gasteiger partial charge on any atom is 0.150 e. The van der Waals surface area contributed by atoms with Crippen molar-refractivity contribution >= 4 is 16.6 Å². The van der Waals surface area contributed by atoms with Crippen molar-refractivity contribution in [3.63, 3.8) is 0 Å². The van der Waals surface area contributed by atoms with Gasteiger partial charge in [-0.3, -0.25) is 4.98 Å². The lowest BCUT2D eigenvalue weighted by Crippen LogP contribution is -3.10. The van der Waals surface area contributed by atoms with Crippen LogP contribution in [0.3, 0.4) is 0 Å². The molecular formula is C14H18N3O2+. The van der Waals surface area contributed by atoms with E-state index in [0.29, 0.717) is 23.1 Å². The number of quaternary nitrogens is 1. The third kappa shape index (κ3) is 2.56. The van der Waals surface area contributed by atoms with Gasteiger partial charge in [-0.05, 0) is 37.2 Å². The van der Waals surface area contributed by atoms with Crippen LogP contribution in [0.4, 0.5) is 5.69 Å². The molecule has 1 aromatic carbocycles. The van der Waals surface area contributed by atoms with Crippen LogP contribution < -0.4 is 4.90 Å². The number of benzene rings is 1. The number of phenolic OH excluding ortho intramolecular Hbond substituents is 1. The molecule has 0 aliphatic rings. The molecule has 0 saturated carbocycles. The number of aromatic nitrogens is 1. The minimum absolute atomic E-state index is 0.155. The van der Waals surface area contributed by atoms with Crippen LogP contribution in [0.2, 0.25) is 0 Å². The van der Waals surface area contributed by atoms with Crippen molar-refractivity contribution in [3.05, 3.63) is 34.9 Å². The zero-order chi connectivity index (χ0) is 13.8. The molecular weight excluding hydrogens is 242 g/mol. The van der Waals surface area contributed by atoms with E-state index in [1.54, 1.807) is 24.4 Å². The largest absolute Gasteiger partial charge is 0.505 e. The summed E-state index contributed by atoms with van der Waals surface area (Å²) in [6, 6.07) is 5.14. The molecule has 1 heterocycles. The lowest BCUT2D eigenvalue weighted by Gasteiger charge is -2.16. The number of nitrogens with zero attached hydrogens (tertiary/aromatic N) is 2. The Kier molecular flexibility index (Phi) is 4.06. The first-order valence-electron chi connectivity index (χ1n) is 6.47. The van der Waals surface area contributed by atoms with Crippen LogP contribution in [-0.2, 0) is 6.54 Å². The van der Waals surface area contributed by atoms with Crippen molar-refractivity contribution in [3.8, 4) is 5.75 Å². The Morgan fingerprint density at radius 1 is 1.37 bits per heavy atom. The molecule has 1 aromatic heterocycles. The van der Waals surface area contributed by atoms with Gasteiger partial charge >= 0.3 is 0 Å².